The summed E-state index contributed by atoms with van der Waals surface area (Å²) in [7, 11) is 0. The first-order valence-corrected chi connectivity index (χ1v) is 3.25. The maximum Gasteiger partial charge on any atom is 0.330 e. The Morgan fingerprint density at radius 1 is 1.55 bits per heavy atom. The number of benzene rings is 1. The molecule has 0 saturated heterocycles. The van der Waals surface area contributed by atoms with E-state index in [1.165, 1.54) is 12.1 Å². The van der Waals surface area contributed by atoms with Gasteiger partial charge >= 0.3 is 5.69 Å². The maximum atomic E-state index is 10.3. The summed E-state index contributed by atoms with van der Waals surface area (Å²) in [5.74, 6) is 0. The van der Waals surface area contributed by atoms with Gasteiger partial charge in [-0.05, 0) is 6.07 Å². The predicted molar refractivity (Wildman–Crippen MR) is 40.7 cm³/mol. The van der Waals surface area contributed by atoms with Crippen LogP contribution in [-0.2, 0) is 0 Å². The summed E-state index contributed by atoms with van der Waals surface area (Å²) in [4.78, 5) is 9.78. The fourth-order valence-corrected chi connectivity index (χ4v) is 0.873. The highest BCUT2D eigenvalue weighted by atomic mass is 35.5. The van der Waals surface area contributed by atoms with Gasteiger partial charge in [0.15, 0.2) is 0 Å². The third-order valence-electron chi connectivity index (χ3n) is 1.24. The van der Waals surface area contributed by atoms with Gasteiger partial charge in [-0.3, -0.25) is 10.1 Å². The summed E-state index contributed by atoms with van der Waals surface area (Å²) in [5, 5.41) is 10.6. The molecule has 5 heteroatoms. The minimum absolute atomic E-state index is 0.0440. The fourth-order valence-electron chi connectivity index (χ4n) is 0.707. The van der Waals surface area contributed by atoms with Gasteiger partial charge in [0, 0.05) is 17.2 Å². The second-order valence-electron chi connectivity index (χ2n) is 2.03. The summed E-state index contributed by atoms with van der Waals surface area (Å²) < 4.78 is 0. The molecule has 0 spiro atoms. The van der Waals surface area contributed by atoms with E-state index < -0.39 is 4.92 Å². The number of nitrogens with zero attached hydrogens (tertiary/aromatic N) is 1. The first-order valence-electron chi connectivity index (χ1n) is 2.87. The van der Waals surface area contributed by atoms with Gasteiger partial charge < -0.3 is 5.73 Å². The molecule has 1 rings (SSSR count). The standard InChI is InChI=1S/C6H5ClN2O2/c7-4-1-2-5(8)6(3-4)9(10)11/h1-3H,8H2/p+1. The van der Waals surface area contributed by atoms with E-state index in [9.17, 15) is 10.1 Å². The molecule has 0 aliphatic rings. The van der Waals surface area contributed by atoms with Crippen molar-refractivity contribution in [3.05, 3.63) is 33.3 Å². The Morgan fingerprint density at radius 3 is 2.64 bits per heavy atom. The lowest BCUT2D eigenvalue weighted by Crippen LogP contribution is -2.40. The van der Waals surface area contributed by atoms with Crippen LogP contribution in [0.5, 0.6) is 0 Å². The first kappa shape index (κ1) is 7.97. The van der Waals surface area contributed by atoms with Crippen molar-refractivity contribution in [1.29, 1.82) is 0 Å². The SMILES string of the molecule is [NH3+]c1ccc(Cl)cc1[N+](=O)[O-]. The quantitative estimate of drug-likeness (QED) is 0.511. The van der Waals surface area contributed by atoms with Crippen molar-refractivity contribution in [3.63, 3.8) is 0 Å². The number of nitro benzene ring substituents is 1. The Bertz CT molecular complexity index is 301. The van der Waals surface area contributed by atoms with Crippen molar-refractivity contribution in [2.24, 2.45) is 0 Å². The summed E-state index contributed by atoms with van der Waals surface area (Å²) in [6, 6.07) is 4.36. The van der Waals surface area contributed by atoms with Gasteiger partial charge in [-0.25, -0.2) is 0 Å². The van der Waals surface area contributed by atoms with Crippen LogP contribution in [0.4, 0.5) is 11.4 Å². The molecule has 0 aliphatic heterocycles. The van der Waals surface area contributed by atoms with Crippen LogP contribution in [0.25, 0.3) is 0 Å². The zero-order valence-electron chi connectivity index (χ0n) is 5.58. The molecule has 0 atom stereocenters. The molecule has 0 fully saturated rings. The van der Waals surface area contributed by atoms with E-state index in [2.05, 4.69) is 5.73 Å². The molecular formula is C6H6ClN2O2+. The lowest BCUT2D eigenvalue weighted by Gasteiger charge is -1.92. The highest BCUT2D eigenvalue weighted by Crippen LogP contribution is 2.23. The number of hydrogen-bond donors (Lipinski definition) is 1. The molecule has 11 heavy (non-hydrogen) atoms. The van der Waals surface area contributed by atoms with Crippen molar-refractivity contribution in [3.8, 4) is 0 Å². The van der Waals surface area contributed by atoms with Crippen LogP contribution >= 0.6 is 11.6 Å². The minimum atomic E-state index is -0.506. The van der Waals surface area contributed by atoms with Crippen molar-refractivity contribution in [2.75, 3.05) is 0 Å². The van der Waals surface area contributed by atoms with Crippen LogP contribution in [0.2, 0.25) is 5.02 Å². The van der Waals surface area contributed by atoms with E-state index in [0.29, 0.717) is 10.7 Å². The number of nitro groups is 1. The molecule has 1 aromatic rings. The van der Waals surface area contributed by atoms with Crippen molar-refractivity contribution in [2.45, 2.75) is 0 Å². The minimum Gasteiger partial charge on any atom is -0.319 e. The number of halogens is 1. The first-order chi connectivity index (χ1) is 5.11. The van der Waals surface area contributed by atoms with Gasteiger partial charge in [-0.15, -0.1) is 0 Å². The monoisotopic (exact) mass is 173 g/mol. The maximum absolute atomic E-state index is 10.3. The van der Waals surface area contributed by atoms with Crippen LogP contribution in [0, 0.1) is 10.1 Å². The largest absolute Gasteiger partial charge is 0.330 e. The average molecular weight is 174 g/mol. The van der Waals surface area contributed by atoms with Crippen molar-refractivity contribution >= 4 is 23.0 Å². The third-order valence-corrected chi connectivity index (χ3v) is 1.48. The molecule has 4 nitrogen and oxygen atoms in total. The normalized spacial score (nSPS) is 9.64. The Morgan fingerprint density at radius 2 is 2.18 bits per heavy atom. The van der Waals surface area contributed by atoms with Gasteiger partial charge in [0.1, 0.15) is 0 Å². The smallest absolute Gasteiger partial charge is 0.319 e. The molecule has 0 saturated carbocycles. The number of rotatable bonds is 1. The molecule has 0 bridgehead atoms. The Labute approximate surface area is 67.7 Å². The van der Waals surface area contributed by atoms with Crippen molar-refractivity contribution in [1.82, 2.24) is 0 Å². The zero-order chi connectivity index (χ0) is 8.43. The predicted octanol–water partition coefficient (Wildman–Crippen LogP) is 1.12. The molecule has 3 N–H and O–H groups in total. The Kier molecular flexibility index (Phi) is 2.07. The summed E-state index contributed by atoms with van der Waals surface area (Å²) >= 11 is 5.53. The lowest BCUT2D eigenvalue weighted by molar-refractivity contribution is -0.395. The fraction of sp³-hybridized carbons (Fsp3) is 0. The molecule has 0 unspecified atom stereocenters. The van der Waals surface area contributed by atoms with Crippen molar-refractivity contribution < 1.29 is 10.7 Å². The topological polar surface area (TPSA) is 70.8 Å². The van der Waals surface area contributed by atoms with Crippen LogP contribution in [-0.4, -0.2) is 4.92 Å². The number of hydrogen-bond acceptors (Lipinski definition) is 2. The van der Waals surface area contributed by atoms with E-state index in [1.807, 2.05) is 0 Å². The van der Waals surface area contributed by atoms with E-state index in [1.54, 1.807) is 6.07 Å². The Hall–Kier alpha value is -1.13. The highest BCUT2D eigenvalue weighted by Gasteiger charge is 2.13. The van der Waals surface area contributed by atoms with Gasteiger partial charge in [0.25, 0.3) is 0 Å². The third kappa shape index (κ3) is 1.66. The molecule has 1 aromatic carbocycles. The number of quaternary nitrogens is 1. The molecule has 0 amide bonds. The van der Waals surface area contributed by atoms with Crippen LogP contribution in [0.15, 0.2) is 18.2 Å². The second kappa shape index (κ2) is 2.86. The molecule has 0 heterocycles. The Balaban J connectivity index is 3.23. The summed E-state index contributed by atoms with van der Waals surface area (Å²) in [6.07, 6.45) is 0. The van der Waals surface area contributed by atoms with Gasteiger partial charge in [0.2, 0.25) is 5.69 Å². The molecule has 58 valence electrons. The lowest BCUT2D eigenvalue weighted by atomic mass is 10.3. The van der Waals surface area contributed by atoms with Gasteiger partial charge in [-0.1, -0.05) is 11.6 Å². The van der Waals surface area contributed by atoms with Crippen LogP contribution in [0.3, 0.4) is 0 Å². The van der Waals surface area contributed by atoms with Gasteiger partial charge in [0.05, 0.1) is 4.92 Å². The van der Waals surface area contributed by atoms with E-state index in [4.69, 9.17) is 11.6 Å². The van der Waals surface area contributed by atoms with Crippen LogP contribution < -0.4 is 5.73 Å². The van der Waals surface area contributed by atoms with E-state index >= 15 is 0 Å². The molecule has 0 radical (unpaired) electrons. The van der Waals surface area contributed by atoms with Gasteiger partial charge in [-0.2, -0.15) is 0 Å². The molecule has 0 aliphatic carbocycles. The highest BCUT2D eigenvalue weighted by molar-refractivity contribution is 6.30. The molecule has 0 aromatic heterocycles. The summed E-state index contributed by atoms with van der Waals surface area (Å²) in [6.45, 7) is 0. The van der Waals surface area contributed by atoms with Crippen LogP contribution in [0.1, 0.15) is 0 Å². The average Bonchev–Trinajstić information content (AvgIpc) is 1.94. The van der Waals surface area contributed by atoms with E-state index in [-0.39, 0.29) is 5.69 Å². The zero-order valence-corrected chi connectivity index (χ0v) is 6.34. The second-order valence-corrected chi connectivity index (χ2v) is 2.47. The molecular weight excluding hydrogens is 168 g/mol. The summed E-state index contributed by atoms with van der Waals surface area (Å²) in [5.41, 5.74) is 3.81. The van der Waals surface area contributed by atoms with E-state index in [0.717, 1.165) is 0 Å².